The summed E-state index contributed by atoms with van der Waals surface area (Å²) in [6.45, 7) is 17.1. The zero-order valence-electron chi connectivity index (χ0n) is 19.2. The van der Waals surface area contributed by atoms with E-state index in [0.29, 0.717) is 0 Å². The standard InChI is InChI=1S/2C10H17OSi.C2H4.2ClH.Zr/c2*1-12(2,3)11-9-8-10-6-4-5-7-10;1-2;;;/h2*4,6H,5,8-9H2,1-3H3;1H,2H3;2*1H;/q2*-1;;;;+2/p-2. The van der Waals surface area contributed by atoms with Crippen LogP contribution < -0.4 is 24.8 Å². The Kier molecular flexibility index (Phi) is 22.9. The maximum Gasteiger partial charge on any atom is 0.183 e. The number of allylic oxidation sites excluding steroid dienone is 6. The van der Waals surface area contributed by atoms with Gasteiger partial charge in [-0.25, -0.2) is 23.3 Å². The van der Waals surface area contributed by atoms with Gasteiger partial charge in [0.15, 0.2) is 16.6 Å². The second-order valence-electron chi connectivity index (χ2n) is 8.33. The minimum Gasteiger partial charge on any atom is -1.00 e. The molecule has 2 aliphatic carbocycles. The van der Waals surface area contributed by atoms with E-state index in [4.69, 9.17) is 8.85 Å². The molecular formula is C22H38Cl2O2Si2Zr-2. The van der Waals surface area contributed by atoms with E-state index in [0.717, 1.165) is 38.9 Å². The van der Waals surface area contributed by atoms with Crippen molar-refractivity contribution >= 4 is 20.3 Å². The van der Waals surface area contributed by atoms with E-state index in [2.05, 4.69) is 79.4 Å². The number of rotatable bonds is 8. The van der Waals surface area contributed by atoms with E-state index < -0.39 is 16.6 Å². The Labute approximate surface area is 209 Å². The van der Waals surface area contributed by atoms with Gasteiger partial charge in [-0.05, 0) is 52.1 Å². The quantitative estimate of drug-likeness (QED) is 0.317. The molecule has 2 aliphatic rings. The first-order valence-corrected chi connectivity index (χ1v) is 18.1. The molecule has 7 heteroatoms. The molecular weight excluding hydrogens is 515 g/mol. The van der Waals surface area contributed by atoms with Crippen LogP contribution in [0.25, 0.3) is 0 Å². The molecule has 0 aromatic heterocycles. The molecule has 0 aliphatic heterocycles. The third-order valence-electron chi connectivity index (χ3n) is 3.34. The molecule has 0 fully saturated rings. The summed E-state index contributed by atoms with van der Waals surface area (Å²) in [7, 11) is -2.59. The van der Waals surface area contributed by atoms with Crippen LogP contribution in [0.1, 0.15) is 32.6 Å². The van der Waals surface area contributed by atoms with E-state index in [1.807, 2.05) is 6.92 Å². The summed E-state index contributed by atoms with van der Waals surface area (Å²) in [5, 5.41) is 0. The molecule has 29 heavy (non-hydrogen) atoms. The topological polar surface area (TPSA) is 18.5 Å². The van der Waals surface area contributed by atoms with E-state index in [-0.39, 0.29) is 24.8 Å². The normalized spacial score (nSPS) is 14.4. The van der Waals surface area contributed by atoms with Crippen LogP contribution in [0.3, 0.4) is 0 Å². The van der Waals surface area contributed by atoms with Gasteiger partial charge < -0.3 is 33.7 Å². The van der Waals surface area contributed by atoms with Crippen LogP contribution in [-0.2, 0) is 33.1 Å². The van der Waals surface area contributed by atoms with Crippen molar-refractivity contribution in [2.45, 2.75) is 71.9 Å². The number of halogens is 2. The predicted molar refractivity (Wildman–Crippen MR) is 121 cm³/mol. The minimum absolute atomic E-state index is 0. The van der Waals surface area contributed by atoms with Crippen LogP contribution >= 0.6 is 0 Å². The third-order valence-corrected chi connectivity index (χ3v) is 5.49. The summed E-state index contributed by atoms with van der Waals surface area (Å²) in [5.74, 6) is 0. The first-order valence-electron chi connectivity index (χ1n) is 9.83. The molecule has 0 aromatic rings. The van der Waals surface area contributed by atoms with Gasteiger partial charge in [0.05, 0.1) is 0 Å². The first kappa shape index (κ1) is 34.3. The van der Waals surface area contributed by atoms with Crippen LogP contribution in [0.2, 0.25) is 39.3 Å². The van der Waals surface area contributed by atoms with Gasteiger partial charge in [0.1, 0.15) is 0 Å². The molecule has 0 N–H and O–H groups in total. The molecule has 2 rings (SSSR count). The molecule has 0 aromatic carbocycles. The SMILES string of the molecule is C[CH]=[Zr+2].C[Si](C)(C)OCCC1=[C-]CC=C1.C[Si](C)(C)OCCC1=[C-]CC=C1.[Cl-].[Cl-]. The Bertz CT molecular complexity index is 500. The van der Waals surface area contributed by atoms with Crippen molar-refractivity contribution in [2.24, 2.45) is 0 Å². The van der Waals surface area contributed by atoms with Crippen molar-refractivity contribution in [1.82, 2.24) is 0 Å². The Hall–Kier alpha value is 0.647. The van der Waals surface area contributed by atoms with E-state index in [1.54, 1.807) is 0 Å². The molecule has 0 radical (unpaired) electrons. The molecule has 0 spiro atoms. The van der Waals surface area contributed by atoms with Gasteiger partial charge in [-0.3, -0.25) is 12.2 Å². The van der Waals surface area contributed by atoms with Gasteiger partial charge >= 0.3 is 34.9 Å². The Morgan fingerprint density at radius 2 is 1.14 bits per heavy atom. The van der Waals surface area contributed by atoms with Gasteiger partial charge in [0, 0.05) is 13.2 Å². The molecule has 0 saturated carbocycles. The monoisotopic (exact) mass is 550 g/mol. The minimum atomic E-state index is -1.29. The van der Waals surface area contributed by atoms with Crippen LogP contribution in [0.4, 0.5) is 0 Å². The number of hydrogen-bond donors (Lipinski definition) is 0. The molecule has 0 amide bonds. The fraction of sp³-hybridized carbons (Fsp3) is 0.591. The van der Waals surface area contributed by atoms with Crippen molar-refractivity contribution < 1.29 is 57.9 Å². The summed E-state index contributed by atoms with van der Waals surface area (Å²) in [6, 6.07) is 0. The molecule has 0 atom stereocenters. The van der Waals surface area contributed by atoms with Gasteiger partial charge in [0.2, 0.25) is 0 Å². The van der Waals surface area contributed by atoms with Gasteiger partial charge in [-0.15, -0.1) is 12.8 Å². The van der Waals surface area contributed by atoms with Crippen LogP contribution in [-0.4, -0.2) is 33.6 Å². The van der Waals surface area contributed by atoms with Crippen molar-refractivity contribution in [3.63, 3.8) is 0 Å². The summed E-state index contributed by atoms with van der Waals surface area (Å²) in [6.07, 6.45) is 19.2. The molecule has 0 bridgehead atoms. The number of hydrogen-bond acceptors (Lipinski definition) is 2. The van der Waals surface area contributed by atoms with E-state index in [9.17, 15) is 0 Å². The maximum atomic E-state index is 5.74. The molecule has 0 unspecified atom stereocenters. The molecule has 166 valence electrons. The zero-order chi connectivity index (χ0) is 20.8. The second-order valence-corrected chi connectivity index (χ2v) is 18.8. The average molecular weight is 553 g/mol. The molecule has 0 heterocycles. The summed E-state index contributed by atoms with van der Waals surface area (Å²) in [4.78, 5) is 0. The first-order chi connectivity index (χ1) is 12.6. The third kappa shape index (κ3) is 24.8. The predicted octanol–water partition coefficient (Wildman–Crippen LogP) is 0.198. The van der Waals surface area contributed by atoms with E-state index >= 15 is 0 Å². The van der Waals surface area contributed by atoms with Crippen molar-refractivity contribution in [3.8, 4) is 0 Å². The largest absolute Gasteiger partial charge is 1.00 e. The molecule has 2 nitrogen and oxygen atoms in total. The molecule has 0 saturated heterocycles. The fourth-order valence-corrected chi connectivity index (χ4v) is 3.61. The zero-order valence-corrected chi connectivity index (χ0v) is 25.2. The fourth-order valence-electron chi connectivity index (χ4n) is 2.18. The van der Waals surface area contributed by atoms with Crippen LogP contribution in [0.15, 0.2) is 35.5 Å². The summed E-state index contributed by atoms with van der Waals surface area (Å²) < 4.78 is 13.6. The van der Waals surface area contributed by atoms with Crippen molar-refractivity contribution in [2.75, 3.05) is 13.2 Å². The van der Waals surface area contributed by atoms with Gasteiger partial charge in [0.25, 0.3) is 0 Å². The maximum absolute atomic E-state index is 5.74. The Morgan fingerprint density at radius 3 is 1.34 bits per heavy atom. The average Bonchev–Trinajstić information content (AvgIpc) is 3.19. The summed E-state index contributed by atoms with van der Waals surface area (Å²) in [5.41, 5.74) is 2.63. The summed E-state index contributed by atoms with van der Waals surface area (Å²) >= 11 is 1.51. The van der Waals surface area contributed by atoms with Crippen LogP contribution in [0.5, 0.6) is 0 Å². The Morgan fingerprint density at radius 1 is 0.828 bits per heavy atom. The Balaban J connectivity index is -0.000000387. The van der Waals surface area contributed by atoms with Gasteiger partial charge in [-0.2, -0.15) is 12.2 Å². The van der Waals surface area contributed by atoms with E-state index in [1.165, 1.54) is 35.4 Å². The van der Waals surface area contributed by atoms with Crippen molar-refractivity contribution in [1.29, 1.82) is 0 Å². The van der Waals surface area contributed by atoms with Crippen molar-refractivity contribution in [3.05, 3.63) is 47.6 Å². The van der Waals surface area contributed by atoms with Crippen LogP contribution in [0, 0.1) is 12.2 Å². The smallest absolute Gasteiger partial charge is 0.183 e. The second kappa shape index (κ2) is 19.3. The van der Waals surface area contributed by atoms with Gasteiger partial charge in [-0.1, -0.05) is 0 Å².